The molecule has 0 fully saturated rings. The third-order valence-corrected chi connectivity index (χ3v) is 2.94. The number of rotatable bonds is 1. The fourth-order valence-electron chi connectivity index (χ4n) is 1.69. The molecular weight excluding hydrogens is 279 g/mol. The second kappa shape index (κ2) is 4.74. The van der Waals surface area contributed by atoms with Crippen molar-refractivity contribution in [1.82, 2.24) is 4.57 Å². The molecule has 0 unspecified atom stereocenters. The Balaban J connectivity index is 2.50. The van der Waals surface area contributed by atoms with Crippen molar-refractivity contribution in [2.24, 2.45) is 0 Å². The summed E-state index contributed by atoms with van der Waals surface area (Å²) >= 11 is 5.94. The first-order valence-corrected chi connectivity index (χ1v) is 5.73. The second-order valence-electron chi connectivity index (χ2n) is 4.02. The van der Waals surface area contributed by atoms with Gasteiger partial charge in [-0.3, -0.25) is 9.36 Å². The number of nitrogens with zero attached hydrogens (tertiary/aromatic N) is 1. The van der Waals surface area contributed by atoms with Gasteiger partial charge in [-0.05, 0) is 17.7 Å². The highest BCUT2D eigenvalue weighted by atomic mass is 35.5. The molecule has 0 saturated carbocycles. The molecule has 2 rings (SSSR count). The molecule has 0 N–H and O–H groups in total. The van der Waals surface area contributed by atoms with Crippen LogP contribution in [0.3, 0.4) is 0 Å². The van der Waals surface area contributed by atoms with Gasteiger partial charge in [-0.2, -0.15) is 13.2 Å². The third kappa shape index (κ3) is 2.81. The first-order chi connectivity index (χ1) is 8.79. The molecule has 6 heteroatoms. The van der Waals surface area contributed by atoms with E-state index in [-0.39, 0.29) is 10.9 Å². The lowest BCUT2D eigenvalue weighted by Gasteiger charge is -2.08. The molecule has 0 atom stereocenters. The monoisotopic (exact) mass is 287 g/mol. The van der Waals surface area contributed by atoms with Gasteiger partial charge in [0.15, 0.2) is 0 Å². The van der Waals surface area contributed by atoms with E-state index in [1.54, 1.807) is 0 Å². The minimum atomic E-state index is -4.41. The van der Waals surface area contributed by atoms with Gasteiger partial charge in [0.25, 0.3) is 0 Å². The predicted molar refractivity (Wildman–Crippen MR) is 66.2 cm³/mol. The van der Waals surface area contributed by atoms with E-state index in [0.29, 0.717) is 11.1 Å². The van der Waals surface area contributed by atoms with E-state index in [1.807, 2.05) is 0 Å². The summed E-state index contributed by atoms with van der Waals surface area (Å²) in [7, 11) is 0. The van der Waals surface area contributed by atoms with Gasteiger partial charge < -0.3 is 0 Å². The van der Waals surface area contributed by atoms with E-state index >= 15 is 0 Å². The van der Waals surface area contributed by atoms with Gasteiger partial charge >= 0.3 is 6.18 Å². The summed E-state index contributed by atoms with van der Waals surface area (Å²) in [6.45, 7) is 1.34. The molecule has 1 aromatic heterocycles. The summed E-state index contributed by atoms with van der Waals surface area (Å²) in [5, 5.41) is 0.231. The Morgan fingerprint density at radius 1 is 1.26 bits per heavy atom. The minimum Gasteiger partial charge on any atom is -0.293 e. The average molecular weight is 288 g/mol. The Morgan fingerprint density at radius 2 is 1.95 bits per heavy atom. The topological polar surface area (TPSA) is 22.0 Å². The zero-order chi connectivity index (χ0) is 14.2. The lowest BCUT2D eigenvalue weighted by Crippen LogP contribution is -2.04. The molecule has 0 radical (unpaired) electrons. The largest absolute Gasteiger partial charge is 0.416 e. The van der Waals surface area contributed by atoms with E-state index in [4.69, 9.17) is 11.6 Å². The van der Waals surface area contributed by atoms with Crippen LogP contribution in [0.4, 0.5) is 13.2 Å². The Bertz CT molecular complexity index is 631. The SMILES string of the molecule is CC(=O)n1cc(Cl)c(-c2cccc(C(F)(F)F)c2)c1. The summed E-state index contributed by atoms with van der Waals surface area (Å²) in [6.07, 6.45) is -1.62. The van der Waals surface area contributed by atoms with E-state index in [0.717, 1.165) is 12.1 Å². The zero-order valence-electron chi connectivity index (χ0n) is 9.83. The maximum atomic E-state index is 12.6. The molecule has 0 saturated heterocycles. The van der Waals surface area contributed by atoms with Crippen LogP contribution in [0.5, 0.6) is 0 Å². The fraction of sp³-hybridized carbons (Fsp3) is 0.154. The van der Waals surface area contributed by atoms with E-state index in [1.165, 1.54) is 36.0 Å². The van der Waals surface area contributed by atoms with Crippen molar-refractivity contribution in [3.63, 3.8) is 0 Å². The quantitative estimate of drug-likeness (QED) is 0.757. The molecule has 0 aliphatic rings. The Kier molecular flexibility index (Phi) is 3.41. The zero-order valence-corrected chi connectivity index (χ0v) is 10.6. The van der Waals surface area contributed by atoms with Gasteiger partial charge in [0.2, 0.25) is 5.91 Å². The first kappa shape index (κ1) is 13.7. The van der Waals surface area contributed by atoms with Crippen LogP contribution in [0.2, 0.25) is 5.02 Å². The van der Waals surface area contributed by atoms with Crippen molar-refractivity contribution < 1.29 is 18.0 Å². The van der Waals surface area contributed by atoms with Crippen molar-refractivity contribution in [1.29, 1.82) is 0 Å². The summed E-state index contributed by atoms with van der Waals surface area (Å²) in [6, 6.07) is 4.81. The Hall–Kier alpha value is -1.75. The predicted octanol–water partition coefficient (Wildman–Crippen LogP) is 4.49. The van der Waals surface area contributed by atoms with E-state index < -0.39 is 11.7 Å². The van der Waals surface area contributed by atoms with Crippen molar-refractivity contribution in [3.05, 3.63) is 47.2 Å². The van der Waals surface area contributed by atoms with Crippen LogP contribution in [-0.4, -0.2) is 10.5 Å². The number of hydrogen-bond donors (Lipinski definition) is 0. The van der Waals surface area contributed by atoms with Crippen LogP contribution in [0.1, 0.15) is 17.3 Å². The number of carbonyl (C=O) groups is 1. The summed E-state index contributed by atoms with van der Waals surface area (Å²) < 4.78 is 39.1. The molecule has 19 heavy (non-hydrogen) atoms. The minimum absolute atomic E-state index is 0.231. The molecule has 2 aromatic rings. The summed E-state index contributed by atoms with van der Waals surface area (Å²) in [5.41, 5.74) is -0.0422. The first-order valence-electron chi connectivity index (χ1n) is 5.35. The highest BCUT2D eigenvalue weighted by Gasteiger charge is 2.30. The number of aromatic nitrogens is 1. The molecule has 2 nitrogen and oxygen atoms in total. The Morgan fingerprint density at radius 3 is 2.47 bits per heavy atom. The highest BCUT2D eigenvalue weighted by molar-refractivity contribution is 6.33. The standard InChI is InChI=1S/C13H9ClF3NO/c1-8(19)18-6-11(12(14)7-18)9-3-2-4-10(5-9)13(15,16)17/h2-7H,1H3. The number of benzene rings is 1. The summed E-state index contributed by atoms with van der Waals surface area (Å²) in [5.74, 6) is -0.264. The van der Waals surface area contributed by atoms with E-state index in [2.05, 4.69) is 0 Å². The maximum Gasteiger partial charge on any atom is 0.416 e. The van der Waals surface area contributed by atoms with Crippen molar-refractivity contribution in [2.45, 2.75) is 13.1 Å². The lowest BCUT2D eigenvalue weighted by atomic mass is 10.1. The smallest absolute Gasteiger partial charge is 0.293 e. The molecule has 100 valence electrons. The van der Waals surface area contributed by atoms with Crippen LogP contribution in [0.25, 0.3) is 11.1 Å². The molecule has 0 aliphatic carbocycles. The van der Waals surface area contributed by atoms with E-state index in [9.17, 15) is 18.0 Å². The van der Waals surface area contributed by atoms with Crippen LogP contribution in [0, 0.1) is 0 Å². The van der Waals surface area contributed by atoms with Gasteiger partial charge in [-0.25, -0.2) is 0 Å². The molecular formula is C13H9ClF3NO. The summed E-state index contributed by atoms with van der Waals surface area (Å²) in [4.78, 5) is 11.2. The molecule has 1 heterocycles. The number of alkyl halides is 3. The van der Waals surface area contributed by atoms with Gasteiger partial charge in [0.1, 0.15) is 0 Å². The number of hydrogen-bond acceptors (Lipinski definition) is 1. The van der Waals surface area contributed by atoms with Gasteiger partial charge in [-0.1, -0.05) is 23.7 Å². The van der Waals surface area contributed by atoms with Crippen molar-refractivity contribution in [3.8, 4) is 11.1 Å². The van der Waals surface area contributed by atoms with Crippen LogP contribution in [-0.2, 0) is 6.18 Å². The van der Waals surface area contributed by atoms with Gasteiger partial charge in [-0.15, -0.1) is 0 Å². The fourth-order valence-corrected chi connectivity index (χ4v) is 1.95. The molecule has 1 aromatic carbocycles. The second-order valence-corrected chi connectivity index (χ2v) is 4.43. The van der Waals surface area contributed by atoms with Crippen molar-refractivity contribution in [2.75, 3.05) is 0 Å². The van der Waals surface area contributed by atoms with Crippen molar-refractivity contribution >= 4 is 17.5 Å². The molecule has 0 aliphatic heterocycles. The van der Waals surface area contributed by atoms with Crippen LogP contribution in [0.15, 0.2) is 36.7 Å². The maximum absolute atomic E-state index is 12.6. The number of halogens is 4. The molecule has 0 bridgehead atoms. The van der Waals surface area contributed by atoms with Gasteiger partial charge in [0.05, 0.1) is 10.6 Å². The lowest BCUT2D eigenvalue weighted by molar-refractivity contribution is -0.137. The van der Waals surface area contributed by atoms with Crippen LogP contribution >= 0.6 is 11.6 Å². The molecule has 0 amide bonds. The number of carbonyl (C=O) groups excluding carboxylic acids is 1. The Labute approximate surface area is 112 Å². The highest BCUT2D eigenvalue weighted by Crippen LogP contribution is 2.34. The average Bonchev–Trinajstić information content (AvgIpc) is 2.71. The van der Waals surface area contributed by atoms with Gasteiger partial charge in [0, 0.05) is 24.9 Å². The normalized spacial score (nSPS) is 11.6. The van der Waals surface area contributed by atoms with Crippen LogP contribution < -0.4 is 0 Å². The molecule has 0 spiro atoms. The third-order valence-electron chi connectivity index (χ3n) is 2.64.